The summed E-state index contributed by atoms with van der Waals surface area (Å²) >= 11 is 0. The van der Waals surface area contributed by atoms with E-state index in [0.717, 1.165) is 6.29 Å². The molecule has 0 heterocycles. The van der Waals surface area contributed by atoms with Gasteiger partial charge >= 0.3 is 0 Å². The third kappa shape index (κ3) is 5.04. The first-order valence-electron chi connectivity index (χ1n) is 3.95. The van der Waals surface area contributed by atoms with E-state index in [2.05, 4.69) is 0 Å². The Kier molecular flexibility index (Phi) is 6.96. The molecule has 0 unspecified atom stereocenters. The molecule has 0 fully saturated rings. The maximum Gasteiger partial charge on any atom is 0.150 e. The number of aldehydes is 1. The molecule has 0 spiro atoms. The molecule has 0 aliphatic carbocycles. The van der Waals surface area contributed by atoms with Crippen LogP contribution in [-0.4, -0.2) is 29.7 Å². The van der Waals surface area contributed by atoms with E-state index in [1.54, 1.807) is 24.3 Å². The zero-order valence-corrected chi connectivity index (χ0v) is 7.55. The lowest BCUT2D eigenvalue weighted by molar-refractivity contribution is 0.112. The molecule has 1 aromatic carbocycles. The van der Waals surface area contributed by atoms with Gasteiger partial charge in [0.1, 0.15) is 6.29 Å². The lowest BCUT2D eigenvalue weighted by Crippen LogP contribution is -1.85. The highest BCUT2D eigenvalue weighted by molar-refractivity contribution is 5.75. The number of carbonyl (C=O) groups is 1. The Labute approximate surface area is 82.0 Å². The van der Waals surface area contributed by atoms with Crippen LogP contribution < -0.4 is 0 Å². The van der Waals surface area contributed by atoms with Gasteiger partial charge in [-0.1, -0.05) is 12.1 Å². The Bertz CT molecular complexity index is 315. The topological polar surface area (TPSA) is 81.3 Å². The fraction of sp³-hybridized carbons (Fsp3) is 0.200. The molecule has 0 aliphatic rings. The molecule has 0 atom stereocenters. The van der Waals surface area contributed by atoms with Gasteiger partial charge in [0.25, 0.3) is 0 Å². The quantitative estimate of drug-likeness (QED) is 0.664. The van der Waals surface area contributed by atoms with Gasteiger partial charge in [0.2, 0.25) is 0 Å². The van der Waals surface area contributed by atoms with Crippen LogP contribution in [0.15, 0.2) is 24.3 Å². The molecule has 14 heavy (non-hydrogen) atoms. The molecule has 4 heteroatoms. The minimum Gasteiger partial charge on any atom is -0.394 e. The number of aliphatic hydroxyl groups excluding tert-OH is 2. The zero-order valence-electron chi connectivity index (χ0n) is 7.55. The normalized spacial score (nSPS) is 8.07. The molecule has 0 saturated carbocycles. The van der Waals surface area contributed by atoms with E-state index >= 15 is 0 Å². The van der Waals surface area contributed by atoms with Gasteiger partial charge in [0.05, 0.1) is 24.8 Å². The second kappa shape index (κ2) is 7.92. The molecule has 0 saturated heterocycles. The standard InChI is InChI=1S/C8H5NO.C2H6O2/c9-5-7-2-1-3-8(4-7)6-10;3-1-2-4/h1-4,6H;3-4H,1-2H2. The van der Waals surface area contributed by atoms with Crippen molar-refractivity contribution in [1.82, 2.24) is 0 Å². The van der Waals surface area contributed by atoms with E-state index in [0.29, 0.717) is 11.1 Å². The van der Waals surface area contributed by atoms with Gasteiger partial charge in [-0.3, -0.25) is 4.79 Å². The number of aliphatic hydroxyl groups is 2. The van der Waals surface area contributed by atoms with E-state index in [9.17, 15) is 4.79 Å². The predicted octanol–water partition coefficient (Wildman–Crippen LogP) is 0.342. The molecule has 2 N–H and O–H groups in total. The Morgan fingerprint density at radius 3 is 2.43 bits per heavy atom. The first-order chi connectivity index (χ1) is 6.78. The van der Waals surface area contributed by atoms with Gasteiger partial charge in [0, 0.05) is 5.56 Å². The maximum atomic E-state index is 10.2. The summed E-state index contributed by atoms with van der Waals surface area (Å²) in [6.45, 7) is -0.250. The second-order valence-electron chi connectivity index (χ2n) is 2.30. The first-order valence-corrected chi connectivity index (χ1v) is 3.95. The van der Waals surface area contributed by atoms with Crippen LogP contribution in [0.25, 0.3) is 0 Å². The predicted molar refractivity (Wildman–Crippen MR) is 50.7 cm³/mol. The van der Waals surface area contributed by atoms with E-state index in [1.807, 2.05) is 6.07 Å². The van der Waals surface area contributed by atoms with Crippen LogP contribution in [0.4, 0.5) is 0 Å². The minimum atomic E-state index is -0.125. The summed E-state index contributed by atoms with van der Waals surface area (Å²) in [5, 5.41) is 23.6. The third-order valence-corrected chi connectivity index (χ3v) is 1.25. The van der Waals surface area contributed by atoms with Crippen LogP contribution >= 0.6 is 0 Å². The van der Waals surface area contributed by atoms with Crippen molar-refractivity contribution in [3.63, 3.8) is 0 Å². The van der Waals surface area contributed by atoms with Gasteiger partial charge in [-0.05, 0) is 12.1 Å². The molecule has 0 aliphatic heterocycles. The highest BCUT2D eigenvalue weighted by Gasteiger charge is 1.90. The molecule has 0 bridgehead atoms. The van der Waals surface area contributed by atoms with Crippen molar-refractivity contribution in [3.05, 3.63) is 35.4 Å². The highest BCUT2D eigenvalue weighted by atomic mass is 16.3. The summed E-state index contributed by atoms with van der Waals surface area (Å²) in [5.41, 5.74) is 1.06. The number of hydrogen-bond acceptors (Lipinski definition) is 4. The van der Waals surface area contributed by atoms with E-state index in [1.165, 1.54) is 0 Å². The second-order valence-corrected chi connectivity index (χ2v) is 2.30. The Morgan fingerprint density at radius 2 is 2.00 bits per heavy atom. The molecule has 74 valence electrons. The summed E-state index contributed by atoms with van der Waals surface area (Å²) in [4.78, 5) is 10.2. The number of nitrogens with zero attached hydrogens (tertiary/aromatic N) is 1. The van der Waals surface area contributed by atoms with Crippen molar-refractivity contribution < 1.29 is 15.0 Å². The van der Waals surface area contributed by atoms with Gasteiger partial charge < -0.3 is 10.2 Å². The molecular formula is C10H11NO3. The van der Waals surface area contributed by atoms with Crippen molar-refractivity contribution in [1.29, 1.82) is 5.26 Å². The lowest BCUT2D eigenvalue weighted by Gasteiger charge is -1.87. The average molecular weight is 193 g/mol. The average Bonchev–Trinajstić information content (AvgIpc) is 2.29. The van der Waals surface area contributed by atoms with Crippen molar-refractivity contribution in [2.45, 2.75) is 0 Å². The molecule has 0 radical (unpaired) electrons. The molecule has 0 aromatic heterocycles. The zero-order chi connectivity index (χ0) is 10.8. The maximum absolute atomic E-state index is 10.2. The monoisotopic (exact) mass is 193 g/mol. The number of hydrogen-bond donors (Lipinski definition) is 2. The minimum absolute atomic E-state index is 0.125. The lowest BCUT2D eigenvalue weighted by atomic mass is 10.2. The van der Waals surface area contributed by atoms with E-state index in [4.69, 9.17) is 15.5 Å². The Balaban J connectivity index is 0.000000364. The first kappa shape index (κ1) is 12.3. The van der Waals surface area contributed by atoms with E-state index in [-0.39, 0.29) is 13.2 Å². The van der Waals surface area contributed by atoms with Gasteiger partial charge in [0.15, 0.2) is 0 Å². The molecule has 1 rings (SSSR count). The van der Waals surface area contributed by atoms with Gasteiger partial charge in [-0.15, -0.1) is 0 Å². The number of rotatable bonds is 2. The van der Waals surface area contributed by atoms with Crippen LogP contribution in [0.2, 0.25) is 0 Å². The van der Waals surface area contributed by atoms with Crippen LogP contribution in [0, 0.1) is 11.3 Å². The fourth-order valence-electron chi connectivity index (χ4n) is 0.682. The fourth-order valence-corrected chi connectivity index (χ4v) is 0.682. The van der Waals surface area contributed by atoms with Crippen molar-refractivity contribution >= 4 is 6.29 Å². The van der Waals surface area contributed by atoms with Crippen molar-refractivity contribution in [2.24, 2.45) is 0 Å². The number of nitriles is 1. The largest absolute Gasteiger partial charge is 0.394 e. The summed E-state index contributed by atoms with van der Waals surface area (Å²) in [7, 11) is 0. The Hall–Kier alpha value is -1.70. The molecule has 1 aromatic rings. The van der Waals surface area contributed by atoms with Crippen LogP contribution in [-0.2, 0) is 0 Å². The Morgan fingerprint density at radius 1 is 1.36 bits per heavy atom. The molecule has 4 nitrogen and oxygen atoms in total. The van der Waals surface area contributed by atoms with Crippen molar-refractivity contribution in [2.75, 3.05) is 13.2 Å². The summed E-state index contributed by atoms with van der Waals surface area (Å²) in [6, 6.07) is 8.49. The van der Waals surface area contributed by atoms with Gasteiger partial charge in [-0.25, -0.2) is 0 Å². The summed E-state index contributed by atoms with van der Waals surface area (Å²) in [6.07, 6.45) is 0.723. The number of carbonyl (C=O) groups excluding carboxylic acids is 1. The van der Waals surface area contributed by atoms with E-state index < -0.39 is 0 Å². The van der Waals surface area contributed by atoms with Crippen LogP contribution in [0.5, 0.6) is 0 Å². The van der Waals surface area contributed by atoms with Crippen molar-refractivity contribution in [3.8, 4) is 6.07 Å². The smallest absolute Gasteiger partial charge is 0.150 e. The number of benzene rings is 1. The van der Waals surface area contributed by atoms with Crippen LogP contribution in [0.1, 0.15) is 15.9 Å². The summed E-state index contributed by atoms with van der Waals surface area (Å²) < 4.78 is 0. The van der Waals surface area contributed by atoms with Crippen LogP contribution in [0.3, 0.4) is 0 Å². The van der Waals surface area contributed by atoms with Gasteiger partial charge in [-0.2, -0.15) is 5.26 Å². The SMILES string of the molecule is N#Cc1cccc(C=O)c1.OCCO. The highest BCUT2D eigenvalue weighted by Crippen LogP contribution is 2.00. The summed E-state index contributed by atoms with van der Waals surface area (Å²) in [5.74, 6) is 0. The molecular weight excluding hydrogens is 182 g/mol. The molecule has 0 amide bonds. The third-order valence-electron chi connectivity index (χ3n) is 1.25.